The fraction of sp³-hybridized carbons (Fsp3) is 0.167. The largest absolute Gasteiger partial charge is 0.336 e. The molecule has 0 aromatic heterocycles. The number of carbonyl (C=O) groups excluding carboxylic acids is 1. The molecule has 0 bridgehead atoms. The Morgan fingerprint density at radius 2 is 1.62 bits per heavy atom. The van der Waals surface area contributed by atoms with Gasteiger partial charge in [-0.25, -0.2) is 4.79 Å². The standard InChI is InChI=1S/C18H16N2O/c21-18-19-12-17-15(13-7-3-1-4-8-13)11-16(20(17)18)14-9-5-2-6-10-14/h1-11,16-17H,12H2,(H,19,21). The van der Waals surface area contributed by atoms with Crippen molar-refractivity contribution >= 4 is 11.6 Å². The summed E-state index contributed by atoms with van der Waals surface area (Å²) in [4.78, 5) is 14.2. The molecule has 2 aromatic carbocycles. The zero-order valence-electron chi connectivity index (χ0n) is 11.6. The smallest absolute Gasteiger partial charge is 0.318 e. The monoisotopic (exact) mass is 276 g/mol. The van der Waals surface area contributed by atoms with Crippen LogP contribution in [0.15, 0.2) is 66.7 Å². The molecule has 21 heavy (non-hydrogen) atoms. The van der Waals surface area contributed by atoms with E-state index < -0.39 is 0 Å². The van der Waals surface area contributed by atoms with Gasteiger partial charge < -0.3 is 10.2 Å². The van der Waals surface area contributed by atoms with E-state index in [0.717, 1.165) is 5.56 Å². The van der Waals surface area contributed by atoms with E-state index >= 15 is 0 Å². The molecule has 2 amide bonds. The van der Waals surface area contributed by atoms with E-state index in [1.165, 1.54) is 11.1 Å². The molecule has 2 heterocycles. The minimum absolute atomic E-state index is 0.0221. The molecule has 1 fully saturated rings. The zero-order chi connectivity index (χ0) is 14.2. The summed E-state index contributed by atoms with van der Waals surface area (Å²) < 4.78 is 0. The average Bonchev–Trinajstić information content (AvgIpc) is 3.10. The van der Waals surface area contributed by atoms with Crippen LogP contribution in [0.25, 0.3) is 5.57 Å². The number of hydrogen-bond donors (Lipinski definition) is 1. The van der Waals surface area contributed by atoms with Crippen LogP contribution in [0.4, 0.5) is 4.79 Å². The molecule has 3 nitrogen and oxygen atoms in total. The van der Waals surface area contributed by atoms with Crippen molar-refractivity contribution in [3.8, 4) is 0 Å². The lowest BCUT2D eigenvalue weighted by Gasteiger charge is -2.24. The highest BCUT2D eigenvalue weighted by Gasteiger charge is 2.43. The van der Waals surface area contributed by atoms with Gasteiger partial charge in [0.2, 0.25) is 0 Å². The van der Waals surface area contributed by atoms with Gasteiger partial charge in [-0.05, 0) is 16.7 Å². The van der Waals surface area contributed by atoms with E-state index in [1.807, 2.05) is 41.3 Å². The van der Waals surface area contributed by atoms with Crippen LogP contribution < -0.4 is 5.32 Å². The maximum Gasteiger partial charge on any atom is 0.318 e. The lowest BCUT2D eigenvalue weighted by atomic mass is 10.00. The van der Waals surface area contributed by atoms with Gasteiger partial charge in [0.05, 0.1) is 12.1 Å². The molecule has 2 aliphatic heterocycles. The van der Waals surface area contributed by atoms with Crippen molar-refractivity contribution in [1.82, 2.24) is 10.2 Å². The topological polar surface area (TPSA) is 32.3 Å². The van der Waals surface area contributed by atoms with Crippen molar-refractivity contribution in [2.24, 2.45) is 0 Å². The Kier molecular flexibility index (Phi) is 2.78. The zero-order valence-corrected chi connectivity index (χ0v) is 11.6. The Hall–Kier alpha value is -2.55. The third kappa shape index (κ3) is 1.93. The second-order valence-corrected chi connectivity index (χ2v) is 5.45. The van der Waals surface area contributed by atoms with Gasteiger partial charge in [0.1, 0.15) is 0 Å². The van der Waals surface area contributed by atoms with Crippen LogP contribution in [0.2, 0.25) is 0 Å². The fourth-order valence-electron chi connectivity index (χ4n) is 3.28. The predicted octanol–water partition coefficient (Wildman–Crippen LogP) is 3.22. The first-order valence-corrected chi connectivity index (χ1v) is 7.23. The molecule has 0 radical (unpaired) electrons. The van der Waals surface area contributed by atoms with Gasteiger partial charge in [-0.2, -0.15) is 0 Å². The Morgan fingerprint density at radius 1 is 0.952 bits per heavy atom. The SMILES string of the molecule is O=C1NCC2C(c3ccccc3)=CC(c3ccccc3)N12. The van der Waals surface area contributed by atoms with E-state index in [4.69, 9.17) is 0 Å². The maximum atomic E-state index is 12.2. The van der Waals surface area contributed by atoms with Crippen molar-refractivity contribution < 1.29 is 4.79 Å². The summed E-state index contributed by atoms with van der Waals surface area (Å²) in [6, 6.07) is 20.7. The molecule has 1 N–H and O–H groups in total. The van der Waals surface area contributed by atoms with Gasteiger partial charge in [0.15, 0.2) is 0 Å². The first-order chi connectivity index (χ1) is 10.3. The summed E-state index contributed by atoms with van der Waals surface area (Å²) in [7, 11) is 0. The van der Waals surface area contributed by atoms with Crippen molar-refractivity contribution in [2.45, 2.75) is 12.1 Å². The highest BCUT2D eigenvalue weighted by molar-refractivity contribution is 5.87. The molecule has 2 atom stereocenters. The highest BCUT2D eigenvalue weighted by atomic mass is 16.2. The number of hydrogen-bond acceptors (Lipinski definition) is 1. The van der Waals surface area contributed by atoms with Gasteiger partial charge in [-0.1, -0.05) is 66.7 Å². The van der Waals surface area contributed by atoms with Crippen LogP contribution >= 0.6 is 0 Å². The first kappa shape index (κ1) is 12.2. The molecule has 3 heteroatoms. The van der Waals surface area contributed by atoms with Crippen molar-refractivity contribution in [1.29, 1.82) is 0 Å². The molecular formula is C18H16N2O. The number of carbonyl (C=O) groups is 1. The van der Waals surface area contributed by atoms with E-state index in [0.29, 0.717) is 6.54 Å². The minimum atomic E-state index is 0.0221. The lowest BCUT2D eigenvalue weighted by molar-refractivity contribution is 0.205. The summed E-state index contributed by atoms with van der Waals surface area (Å²) in [6.45, 7) is 0.683. The van der Waals surface area contributed by atoms with Crippen LogP contribution in [0.1, 0.15) is 17.2 Å². The van der Waals surface area contributed by atoms with Crippen LogP contribution in [-0.2, 0) is 0 Å². The average molecular weight is 276 g/mol. The second-order valence-electron chi connectivity index (χ2n) is 5.45. The van der Waals surface area contributed by atoms with Crippen LogP contribution in [-0.4, -0.2) is 23.5 Å². The maximum absolute atomic E-state index is 12.2. The molecular weight excluding hydrogens is 260 g/mol. The van der Waals surface area contributed by atoms with E-state index in [2.05, 4.69) is 35.7 Å². The lowest BCUT2D eigenvalue weighted by Crippen LogP contribution is -2.33. The number of fused-ring (bicyclic) bond motifs is 1. The van der Waals surface area contributed by atoms with Gasteiger partial charge in [0, 0.05) is 6.54 Å². The summed E-state index contributed by atoms with van der Waals surface area (Å²) in [5, 5.41) is 2.97. The van der Waals surface area contributed by atoms with Gasteiger partial charge in [0.25, 0.3) is 0 Å². The summed E-state index contributed by atoms with van der Waals surface area (Å²) in [5.74, 6) is 0. The fourth-order valence-corrected chi connectivity index (χ4v) is 3.28. The Balaban J connectivity index is 1.80. The number of nitrogens with one attached hydrogen (secondary N) is 1. The number of urea groups is 1. The minimum Gasteiger partial charge on any atom is -0.336 e. The summed E-state index contributed by atoms with van der Waals surface area (Å²) in [5.41, 5.74) is 3.59. The summed E-state index contributed by atoms with van der Waals surface area (Å²) in [6.07, 6.45) is 2.23. The molecule has 4 rings (SSSR count). The second kappa shape index (κ2) is 4.77. The summed E-state index contributed by atoms with van der Waals surface area (Å²) >= 11 is 0. The van der Waals surface area contributed by atoms with Gasteiger partial charge >= 0.3 is 6.03 Å². The third-order valence-electron chi connectivity index (χ3n) is 4.26. The van der Waals surface area contributed by atoms with Crippen LogP contribution in [0.3, 0.4) is 0 Å². The molecule has 0 saturated carbocycles. The van der Waals surface area contributed by atoms with E-state index in [1.54, 1.807) is 0 Å². The van der Waals surface area contributed by atoms with Gasteiger partial charge in [-0.3, -0.25) is 0 Å². The van der Waals surface area contributed by atoms with Crippen LogP contribution in [0.5, 0.6) is 0 Å². The third-order valence-corrected chi connectivity index (χ3v) is 4.26. The van der Waals surface area contributed by atoms with Crippen molar-refractivity contribution in [2.75, 3.05) is 6.54 Å². The van der Waals surface area contributed by atoms with Crippen molar-refractivity contribution in [3.05, 3.63) is 77.9 Å². The quantitative estimate of drug-likeness (QED) is 0.897. The number of amides is 2. The predicted molar refractivity (Wildman–Crippen MR) is 82.6 cm³/mol. The first-order valence-electron chi connectivity index (χ1n) is 7.23. The normalized spacial score (nSPS) is 23.7. The van der Waals surface area contributed by atoms with Crippen molar-refractivity contribution in [3.63, 3.8) is 0 Å². The molecule has 0 spiro atoms. The molecule has 2 aromatic rings. The molecule has 1 saturated heterocycles. The van der Waals surface area contributed by atoms with E-state index in [9.17, 15) is 4.79 Å². The van der Waals surface area contributed by atoms with E-state index in [-0.39, 0.29) is 18.1 Å². The number of rotatable bonds is 2. The molecule has 2 unspecified atom stereocenters. The Bertz CT molecular complexity index is 694. The molecule has 0 aliphatic carbocycles. The Morgan fingerprint density at radius 3 is 2.33 bits per heavy atom. The molecule has 2 aliphatic rings. The van der Waals surface area contributed by atoms with Gasteiger partial charge in [-0.15, -0.1) is 0 Å². The van der Waals surface area contributed by atoms with Crippen LogP contribution in [0, 0.1) is 0 Å². The number of benzene rings is 2. The Labute approximate surface area is 123 Å². The highest BCUT2D eigenvalue weighted by Crippen LogP contribution is 2.40. The number of nitrogens with zero attached hydrogens (tertiary/aromatic N) is 1. The molecule has 104 valence electrons.